The summed E-state index contributed by atoms with van der Waals surface area (Å²) in [6.45, 7) is 2.00. The van der Waals surface area contributed by atoms with Gasteiger partial charge < -0.3 is 24.4 Å². The monoisotopic (exact) mass is 552 g/mol. The van der Waals surface area contributed by atoms with Crippen molar-refractivity contribution in [2.45, 2.75) is 6.92 Å². The van der Waals surface area contributed by atoms with Crippen LogP contribution in [0.5, 0.6) is 40.2 Å². The molecule has 0 bridgehead atoms. The third-order valence-corrected chi connectivity index (χ3v) is 5.58. The molecule has 0 fully saturated rings. The number of benzene rings is 4. The fraction of sp³-hybridized carbons (Fsp3) is 0.0769. The molecule has 0 unspecified atom stereocenters. The van der Waals surface area contributed by atoms with Gasteiger partial charge in [-0.1, -0.05) is 64.6 Å². The Morgan fingerprint density at radius 3 is 1.57 bits per heavy atom. The minimum Gasteiger partial charge on any atom is -0.508 e. The van der Waals surface area contributed by atoms with E-state index in [1.54, 1.807) is 24.3 Å². The number of phenols is 2. The Hall–Kier alpha value is -2.96. The molecule has 0 aromatic heterocycles. The van der Waals surface area contributed by atoms with Crippen molar-refractivity contribution >= 4 is 46.4 Å². The average molecular weight is 554 g/mol. The van der Waals surface area contributed by atoms with Gasteiger partial charge in [0.05, 0.1) is 27.2 Å². The van der Waals surface area contributed by atoms with Crippen LogP contribution in [0, 0.1) is 6.92 Å². The number of methoxy groups -OCH3 is 1. The lowest BCUT2D eigenvalue weighted by Crippen LogP contribution is -1.89. The van der Waals surface area contributed by atoms with E-state index in [1.165, 1.54) is 31.4 Å². The molecule has 9 heteroatoms. The first-order chi connectivity index (χ1) is 16.7. The smallest absolute Gasteiger partial charge is 0.156 e. The maximum absolute atomic E-state index is 9.38. The molecule has 0 heterocycles. The van der Waals surface area contributed by atoms with Gasteiger partial charge in [-0.2, -0.15) is 0 Å². The van der Waals surface area contributed by atoms with Gasteiger partial charge in [-0.25, -0.2) is 0 Å². The molecule has 4 aromatic rings. The van der Waals surface area contributed by atoms with Crippen LogP contribution in [-0.4, -0.2) is 17.3 Å². The van der Waals surface area contributed by atoms with Crippen molar-refractivity contribution < 1.29 is 24.4 Å². The number of aryl methyl sites for hydroxylation is 1. The van der Waals surface area contributed by atoms with Crippen LogP contribution >= 0.6 is 46.4 Å². The van der Waals surface area contributed by atoms with Crippen molar-refractivity contribution in [2.24, 2.45) is 0 Å². The summed E-state index contributed by atoms with van der Waals surface area (Å²) in [4.78, 5) is 0. The Labute approximate surface area is 222 Å². The fourth-order valence-corrected chi connectivity index (χ4v) is 3.98. The van der Waals surface area contributed by atoms with Crippen molar-refractivity contribution in [1.82, 2.24) is 0 Å². The van der Waals surface area contributed by atoms with Crippen LogP contribution in [0.1, 0.15) is 5.56 Å². The van der Waals surface area contributed by atoms with Gasteiger partial charge in [-0.3, -0.25) is 0 Å². The Morgan fingerprint density at radius 1 is 0.600 bits per heavy atom. The third-order valence-electron chi connectivity index (χ3n) is 4.44. The summed E-state index contributed by atoms with van der Waals surface area (Å²) in [6.07, 6.45) is 0. The topological polar surface area (TPSA) is 68.2 Å². The van der Waals surface area contributed by atoms with Crippen molar-refractivity contribution in [2.75, 3.05) is 7.11 Å². The zero-order valence-corrected chi connectivity index (χ0v) is 21.6. The molecule has 0 amide bonds. The second kappa shape index (κ2) is 12.1. The van der Waals surface area contributed by atoms with E-state index in [4.69, 9.17) is 60.6 Å². The van der Waals surface area contributed by atoms with Crippen LogP contribution in [0.25, 0.3) is 0 Å². The Balaban J connectivity index is 0.000000196. The average Bonchev–Trinajstić information content (AvgIpc) is 2.78. The lowest BCUT2D eigenvalue weighted by atomic mass is 10.2. The van der Waals surface area contributed by atoms with Gasteiger partial charge in [0.25, 0.3) is 0 Å². The summed E-state index contributed by atoms with van der Waals surface area (Å²) in [6, 6.07) is 20.3. The number of aromatic hydroxyl groups is 2. The fourth-order valence-electron chi connectivity index (χ4n) is 2.89. The highest BCUT2D eigenvalue weighted by atomic mass is 35.5. The third kappa shape index (κ3) is 7.51. The number of ether oxygens (including phenoxy) is 3. The lowest BCUT2D eigenvalue weighted by Gasteiger charge is -2.10. The molecule has 4 rings (SSSR count). The van der Waals surface area contributed by atoms with Crippen LogP contribution in [0.3, 0.4) is 0 Å². The van der Waals surface area contributed by atoms with Gasteiger partial charge in [0.15, 0.2) is 11.5 Å². The normalized spacial score (nSPS) is 10.2. The van der Waals surface area contributed by atoms with E-state index in [1.807, 2.05) is 31.2 Å². The molecule has 0 radical (unpaired) electrons. The second-order valence-electron chi connectivity index (χ2n) is 7.17. The number of rotatable bonds is 5. The van der Waals surface area contributed by atoms with Crippen molar-refractivity contribution in [1.29, 1.82) is 0 Å². The van der Waals surface area contributed by atoms with Gasteiger partial charge in [0.2, 0.25) is 0 Å². The molecule has 2 N–H and O–H groups in total. The quantitative estimate of drug-likeness (QED) is 0.257. The number of halogens is 4. The van der Waals surface area contributed by atoms with E-state index in [-0.39, 0.29) is 21.5 Å². The highest BCUT2D eigenvalue weighted by Gasteiger charge is 2.10. The van der Waals surface area contributed by atoms with Gasteiger partial charge >= 0.3 is 0 Å². The molecule has 182 valence electrons. The molecular formula is C26H20Cl4O5. The standard InChI is InChI=1S/C14H12Cl2O2.C12H8Cl2O3/c1-9-4-3-5-10(6-9)18-11-7-12(15)14(17-2)13(16)8-11;13-10-5-9(6-11(14)12(10)16)17-8-3-1-2-7(15)4-8/h3-8H,1-2H3;1-6,15-16H. The molecule has 0 saturated carbocycles. The van der Waals surface area contributed by atoms with Crippen LogP contribution in [0.2, 0.25) is 20.1 Å². The summed E-state index contributed by atoms with van der Waals surface area (Å²) in [7, 11) is 1.52. The van der Waals surface area contributed by atoms with Crippen molar-refractivity contribution in [3.8, 4) is 40.2 Å². The molecule has 0 saturated heterocycles. The van der Waals surface area contributed by atoms with Crippen LogP contribution in [0.4, 0.5) is 0 Å². The minimum atomic E-state index is -0.184. The van der Waals surface area contributed by atoms with E-state index in [9.17, 15) is 10.2 Å². The predicted molar refractivity (Wildman–Crippen MR) is 141 cm³/mol. The highest BCUT2D eigenvalue weighted by molar-refractivity contribution is 6.37. The Kier molecular flexibility index (Phi) is 9.24. The maximum atomic E-state index is 9.38. The van der Waals surface area contributed by atoms with E-state index in [0.717, 1.165) is 11.3 Å². The molecule has 0 aliphatic rings. The molecule has 0 aliphatic carbocycles. The largest absolute Gasteiger partial charge is 0.508 e. The van der Waals surface area contributed by atoms with E-state index in [2.05, 4.69) is 0 Å². The molecular weight excluding hydrogens is 534 g/mol. The number of hydrogen-bond donors (Lipinski definition) is 2. The molecule has 5 nitrogen and oxygen atoms in total. The molecule has 0 aliphatic heterocycles. The molecule has 0 spiro atoms. The SMILES string of the molecule is COc1c(Cl)cc(Oc2cccc(C)c2)cc1Cl.Oc1cccc(Oc2cc(Cl)c(O)c(Cl)c2)c1. The first-order valence-electron chi connectivity index (χ1n) is 10.1. The van der Waals surface area contributed by atoms with E-state index >= 15 is 0 Å². The highest BCUT2D eigenvalue weighted by Crippen LogP contribution is 2.39. The molecule has 0 atom stereocenters. The minimum absolute atomic E-state index is 0.0958. The molecule has 35 heavy (non-hydrogen) atoms. The number of hydrogen-bond acceptors (Lipinski definition) is 5. The number of phenolic OH excluding ortho intramolecular Hbond substituents is 2. The van der Waals surface area contributed by atoms with Crippen LogP contribution in [0.15, 0.2) is 72.8 Å². The van der Waals surface area contributed by atoms with Crippen LogP contribution in [-0.2, 0) is 0 Å². The zero-order chi connectivity index (χ0) is 25.5. The maximum Gasteiger partial charge on any atom is 0.156 e. The van der Waals surface area contributed by atoms with Crippen molar-refractivity contribution in [3.05, 3.63) is 98.5 Å². The Bertz CT molecular complexity index is 1280. The van der Waals surface area contributed by atoms with Crippen molar-refractivity contribution in [3.63, 3.8) is 0 Å². The van der Waals surface area contributed by atoms with E-state index < -0.39 is 0 Å². The summed E-state index contributed by atoms with van der Waals surface area (Å²) in [5, 5.41) is 19.7. The summed E-state index contributed by atoms with van der Waals surface area (Å²) in [5.74, 6) is 2.51. The zero-order valence-electron chi connectivity index (χ0n) is 18.6. The van der Waals surface area contributed by atoms with Gasteiger partial charge in [0.1, 0.15) is 28.7 Å². The van der Waals surface area contributed by atoms with Crippen LogP contribution < -0.4 is 14.2 Å². The summed E-state index contributed by atoms with van der Waals surface area (Å²) >= 11 is 23.6. The van der Waals surface area contributed by atoms with Gasteiger partial charge in [-0.15, -0.1) is 0 Å². The summed E-state index contributed by atoms with van der Waals surface area (Å²) < 4.78 is 16.2. The predicted octanol–water partition coefficient (Wildman–Crippen LogP) is 9.30. The Morgan fingerprint density at radius 2 is 1.09 bits per heavy atom. The first kappa shape index (κ1) is 26.6. The van der Waals surface area contributed by atoms with Gasteiger partial charge in [0, 0.05) is 30.3 Å². The van der Waals surface area contributed by atoms with Gasteiger partial charge in [-0.05, 0) is 36.8 Å². The summed E-state index contributed by atoms with van der Waals surface area (Å²) in [5.41, 5.74) is 1.12. The first-order valence-corrected chi connectivity index (χ1v) is 11.6. The lowest BCUT2D eigenvalue weighted by molar-refractivity contribution is 0.413. The second-order valence-corrected chi connectivity index (χ2v) is 8.80. The molecule has 4 aromatic carbocycles. The van der Waals surface area contributed by atoms with E-state index in [0.29, 0.717) is 33.0 Å².